The third-order valence-electron chi connectivity index (χ3n) is 5.37. The first-order valence-corrected chi connectivity index (χ1v) is 8.76. The van der Waals surface area contributed by atoms with Crippen molar-refractivity contribution < 1.29 is 5.11 Å². The average Bonchev–Trinajstić information content (AvgIpc) is 2.64. The lowest BCUT2D eigenvalue weighted by Crippen LogP contribution is -2.52. The Labute approximate surface area is 147 Å². The summed E-state index contributed by atoms with van der Waals surface area (Å²) in [5, 5.41) is 14.3. The Balaban J connectivity index is 1.55. The molecular formula is C21H23N3O. The summed E-state index contributed by atoms with van der Waals surface area (Å²) in [7, 11) is 0. The van der Waals surface area contributed by atoms with Crippen LogP contribution < -0.4 is 11.1 Å². The molecule has 128 valence electrons. The minimum absolute atomic E-state index is 0.0202. The first-order valence-electron chi connectivity index (χ1n) is 8.76. The fourth-order valence-electron chi connectivity index (χ4n) is 3.90. The minimum Gasteiger partial charge on any atom is -0.392 e. The molecule has 1 aliphatic rings. The molecule has 2 aromatic carbocycles. The Morgan fingerprint density at radius 2 is 1.80 bits per heavy atom. The molecule has 4 heteroatoms. The lowest BCUT2D eigenvalue weighted by molar-refractivity contribution is 0.225. The number of aromatic nitrogens is 1. The number of hydrogen-bond donors (Lipinski definition) is 3. The number of nitrogens with two attached hydrogens (primary N) is 1. The zero-order chi connectivity index (χ0) is 17.3. The smallest absolute Gasteiger partial charge is 0.132 e. The maximum absolute atomic E-state index is 9.71. The highest BCUT2D eigenvalue weighted by molar-refractivity contribution is 5.81. The van der Waals surface area contributed by atoms with Crippen LogP contribution in [0.4, 0.5) is 5.82 Å². The summed E-state index contributed by atoms with van der Waals surface area (Å²) in [5.41, 5.74) is 9.24. The topological polar surface area (TPSA) is 71.2 Å². The molecule has 0 bridgehead atoms. The van der Waals surface area contributed by atoms with E-state index in [9.17, 15) is 5.11 Å². The van der Waals surface area contributed by atoms with Gasteiger partial charge >= 0.3 is 0 Å². The van der Waals surface area contributed by atoms with E-state index in [-0.39, 0.29) is 12.0 Å². The van der Waals surface area contributed by atoms with Crippen molar-refractivity contribution in [1.29, 1.82) is 0 Å². The second-order valence-corrected chi connectivity index (χ2v) is 6.95. The van der Waals surface area contributed by atoms with Crippen LogP contribution in [0.2, 0.25) is 0 Å². The highest BCUT2D eigenvalue weighted by Gasteiger charge is 2.44. The number of fused-ring (bicyclic) bond motifs is 1. The van der Waals surface area contributed by atoms with Gasteiger partial charge in [-0.15, -0.1) is 0 Å². The van der Waals surface area contributed by atoms with Gasteiger partial charge in [-0.3, -0.25) is 0 Å². The number of benzene rings is 2. The van der Waals surface area contributed by atoms with Crippen molar-refractivity contribution in [2.75, 3.05) is 11.9 Å². The van der Waals surface area contributed by atoms with Crippen LogP contribution in [-0.4, -0.2) is 22.7 Å². The van der Waals surface area contributed by atoms with Gasteiger partial charge in [0.1, 0.15) is 5.82 Å². The molecule has 1 saturated carbocycles. The van der Waals surface area contributed by atoms with Crippen molar-refractivity contribution in [2.24, 2.45) is 5.73 Å². The van der Waals surface area contributed by atoms with Crippen molar-refractivity contribution in [2.45, 2.75) is 30.9 Å². The number of aliphatic hydroxyl groups excluding tert-OH is 1. The Kier molecular flexibility index (Phi) is 4.15. The number of nitrogens with one attached hydrogen (secondary N) is 1. The van der Waals surface area contributed by atoms with Crippen LogP contribution in [0.25, 0.3) is 10.9 Å². The fraction of sp³-hybridized carbons (Fsp3) is 0.286. The summed E-state index contributed by atoms with van der Waals surface area (Å²) in [5.74, 6) is 0.782. The van der Waals surface area contributed by atoms with Crippen LogP contribution in [0.1, 0.15) is 24.0 Å². The molecule has 4 nitrogen and oxygen atoms in total. The predicted molar refractivity (Wildman–Crippen MR) is 101 cm³/mol. The van der Waals surface area contributed by atoms with E-state index in [1.807, 2.05) is 36.4 Å². The minimum atomic E-state index is -0.0202. The number of nitrogens with zero attached hydrogens (tertiary/aromatic N) is 1. The van der Waals surface area contributed by atoms with E-state index in [0.717, 1.165) is 35.1 Å². The molecule has 1 aromatic heterocycles. The third-order valence-corrected chi connectivity index (χ3v) is 5.37. The van der Waals surface area contributed by atoms with Gasteiger partial charge in [-0.05, 0) is 30.5 Å². The lowest BCUT2D eigenvalue weighted by atomic mass is 9.61. The number of aliphatic hydroxyl groups is 1. The molecule has 1 heterocycles. The van der Waals surface area contributed by atoms with Crippen molar-refractivity contribution >= 4 is 16.7 Å². The third kappa shape index (κ3) is 2.88. The summed E-state index contributed by atoms with van der Waals surface area (Å²) in [6.45, 7) is 0.626. The highest BCUT2D eigenvalue weighted by Crippen LogP contribution is 2.44. The van der Waals surface area contributed by atoms with E-state index in [1.165, 1.54) is 5.56 Å². The second-order valence-electron chi connectivity index (χ2n) is 6.95. The fourth-order valence-corrected chi connectivity index (χ4v) is 3.90. The maximum Gasteiger partial charge on any atom is 0.132 e. The number of para-hydroxylation sites is 1. The van der Waals surface area contributed by atoms with E-state index in [0.29, 0.717) is 12.6 Å². The number of rotatable bonds is 5. The normalized spacial score (nSPS) is 22.6. The standard InChI is InChI=1S/C21H23N3O/c22-14-21(17-7-2-1-3-8-17)11-18(12-21)23-20-16(13-25)10-15-6-4-5-9-19(15)24-20/h1-10,18,25H,11-14,22H2,(H,23,24). The molecule has 0 unspecified atom stereocenters. The molecule has 0 radical (unpaired) electrons. The molecule has 4 rings (SSSR count). The first kappa shape index (κ1) is 16.1. The summed E-state index contributed by atoms with van der Waals surface area (Å²) < 4.78 is 0. The van der Waals surface area contributed by atoms with Crippen molar-refractivity contribution in [1.82, 2.24) is 4.98 Å². The molecule has 4 N–H and O–H groups in total. The zero-order valence-corrected chi connectivity index (χ0v) is 14.2. The molecular weight excluding hydrogens is 310 g/mol. The average molecular weight is 333 g/mol. The van der Waals surface area contributed by atoms with Gasteiger partial charge in [0.2, 0.25) is 0 Å². The Morgan fingerprint density at radius 1 is 1.08 bits per heavy atom. The number of pyridine rings is 1. The van der Waals surface area contributed by atoms with Gasteiger partial charge < -0.3 is 16.2 Å². The summed E-state index contributed by atoms with van der Waals surface area (Å²) in [6, 6.07) is 20.8. The number of hydrogen-bond acceptors (Lipinski definition) is 4. The second kappa shape index (κ2) is 6.47. The number of anilines is 1. The van der Waals surface area contributed by atoms with Crippen LogP contribution in [0.15, 0.2) is 60.7 Å². The van der Waals surface area contributed by atoms with Gasteiger partial charge in [0.25, 0.3) is 0 Å². The maximum atomic E-state index is 9.71. The van der Waals surface area contributed by atoms with Crippen LogP contribution in [-0.2, 0) is 12.0 Å². The van der Waals surface area contributed by atoms with Crippen molar-refractivity contribution in [3.63, 3.8) is 0 Å². The molecule has 1 fully saturated rings. The molecule has 25 heavy (non-hydrogen) atoms. The monoisotopic (exact) mass is 333 g/mol. The van der Waals surface area contributed by atoms with Gasteiger partial charge in [0, 0.05) is 29.0 Å². The molecule has 0 aliphatic heterocycles. The quantitative estimate of drug-likeness (QED) is 0.670. The van der Waals surface area contributed by atoms with Crippen LogP contribution >= 0.6 is 0 Å². The van der Waals surface area contributed by atoms with Gasteiger partial charge in [-0.25, -0.2) is 4.98 Å². The lowest BCUT2D eigenvalue weighted by Gasteiger charge is -2.48. The summed E-state index contributed by atoms with van der Waals surface area (Å²) >= 11 is 0. The van der Waals surface area contributed by atoms with Crippen molar-refractivity contribution in [3.8, 4) is 0 Å². The molecule has 1 aliphatic carbocycles. The van der Waals surface area contributed by atoms with E-state index in [2.05, 4.69) is 29.6 Å². The molecule has 0 saturated heterocycles. The van der Waals surface area contributed by atoms with Gasteiger partial charge in [0.15, 0.2) is 0 Å². The molecule has 0 amide bonds. The highest BCUT2D eigenvalue weighted by atomic mass is 16.3. The largest absolute Gasteiger partial charge is 0.392 e. The summed E-state index contributed by atoms with van der Waals surface area (Å²) in [4.78, 5) is 4.71. The van der Waals surface area contributed by atoms with Gasteiger partial charge in [0.05, 0.1) is 12.1 Å². The van der Waals surface area contributed by atoms with Crippen LogP contribution in [0.3, 0.4) is 0 Å². The molecule has 3 aromatic rings. The van der Waals surface area contributed by atoms with Gasteiger partial charge in [-0.2, -0.15) is 0 Å². The van der Waals surface area contributed by atoms with Crippen LogP contribution in [0, 0.1) is 0 Å². The Morgan fingerprint density at radius 3 is 2.52 bits per heavy atom. The predicted octanol–water partition coefficient (Wildman–Crippen LogP) is 3.20. The van der Waals surface area contributed by atoms with E-state index in [4.69, 9.17) is 10.7 Å². The molecule has 0 atom stereocenters. The van der Waals surface area contributed by atoms with E-state index < -0.39 is 0 Å². The first-order chi connectivity index (χ1) is 12.2. The molecule has 0 spiro atoms. The Hall–Kier alpha value is -2.43. The van der Waals surface area contributed by atoms with Gasteiger partial charge in [-0.1, -0.05) is 48.5 Å². The van der Waals surface area contributed by atoms with E-state index in [1.54, 1.807) is 0 Å². The van der Waals surface area contributed by atoms with E-state index >= 15 is 0 Å². The zero-order valence-electron chi connectivity index (χ0n) is 14.2. The summed E-state index contributed by atoms with van der Waals surface area (Å²) in [6.07, 6.45) is 1.96. The Bertz CT molecular complexity index is 873. The SMILES string of the molecule is NCC1(c2ccccc2)CC(Nc2nc3ccccc3cc2CO)C1. The van der Waals surface area contributed by atoms with Crippen molar-refractivity contribution in [3.05, 3.63) is 71.8 Å². The van der Waals surface area contributed by atoms with Crippen LogP contribution in [0.5, 0.6) is 0 Å².